The van der Waals surface area contributed by atoms with Gasteiger partial charge in [0, 0.05) is 0 Å². The molecule has 0 radical (unpaired) electrons. The third-order valence-electron chi connectivity index (χ3n) is 6.55. The highest BCUT2D eigenvalue weighted by molar-refractivity contribution is 7.90. The molecule has 0 atom stereocenters. The van der Waals surface area contributed by atoms with Gasteiger partial charge in [0.05, 0.1) is 35.4 Å². The summed E-state index contributed by atoms with van der Waals surface area (Å²) in [6.07, 6.45) is 0.309. The molecule has 4 amide bonds. The number of ether oxygens (including phenoxy) is 2. The Morgan fingerprint density at radius 3 is 1.27 bits per heavy atom. The van der Waals surface area contributed by atoms with Crippen LogP contribution in [0, 0.1) is 13.8 Å². The number of nitrogens with one attached hydrogen (secondary N) is 4. The zero-order valence-electron chi connectivity index (χ0n) is 24.9. The minimum absolute atomic E-state index is 0.0608. The molecule has 0 aliphatic carbocycles. The number of anilines is 2. The van der Waals surface area contributed by atoms with E-state index in [0.717, 1.165) is 11.1 Å². The Balaban J connectivity index is 1.49. The summed E-state index contributed by atoms with van der Waals surface area (Å²) in [5.74, 6) is 0.593. The van der Waals surface area contributed by atoms with Gasteiger partial charge in [-0.15, -0.1) is 0 Å². The Morgan fingerprint density at radius 1 is 0.578 bits per heavy atom. The van der Waals surface area contributed by atoms with Crippen LogP contribution in [0.4, 0.5) is 21.0 Å². The minimum Gasteiger partial charge on any atom is -0.495 e. The standard InChI is InChI=1S/C31H32N4O8S2/c1-20-5-11-24(12-6-20)44(38,39)34-30(36)32-26-18-22(9-15-28(26)42-3)17-23-10-16-29(43-4)27(19-23)33-31(37)35-45(40,41)25-13-7-21(2)8-14-25/h5-16,18-19H,17H2,1-4H3,(H2,32,34,36)(H2,33,35,37). The molecule has 0 unspecified atom stereocenters. The lowest BCUT2D eigenvalue weighted by Gasteiger charge is -2.15. The average Bonchev–Trinajstić information content (AvgIpc) is 2.97. The number of aryl methyl sites for hydroxylation is 2. The Labute approximate surface area is 261 Å². The summed E-state index contributed by atoms with van der Waals surface area (Å²) < 4.78 is 65.2. The molecule has 0 saturated carbocycles. The van der Waals surface area contributed by atoms with Crippen molar-refractivity contribution in [3.8, 4) is 11.5 Å². The minimum atomic E-state index is -4.12. The van der Waals surface area contributed by atoms with E-state index in [-0.39, 0.29) is 21.2 Å². The van der Waals surface area contributed by atoms with E-state index in [9.17, 15) is 26.4 Å². The van der Waals surface area contributed by atoms with Gasteiger partial charge in [0.1, 0.15) is 11.5 Å². The number of amides is 4. The zero-order chi connectivity index (χ0) is 32.8. The number of hydrogen-bond acceptors (Lipinski definition) is 8. The third-order valence-corrected chi connectivity index (χ3v) is 9.24. The highest BCUT2D eigenvalue weighted by atomic mass is 32.2. The number of sulfonamides is 2. The van der Waals surface area contributed by atoms with E-state index in [1.165, 1.54) is 38.5 Å². The topological polar surface area (TPSA) is 169 Å². The van der Waals surface area contributed by atoms with Gasteiger partial charge in [-0.2, -0.15) is 0 Å². The van der Waals surface area contributed by atoms with Crippen molar-refractivity contribution >= 4 is 43.5 Å². The molecule has 0 aliphatic heterocycles. The lowest BCUT2D eigenvalue weighted by atomic mass is 10.0. The van der Waals surface area contributed by atoms with Gasteiger partial charge in [0.25, 0.3) is 20.0 Å². The van der Waals surface area contributed by atoms with Crippen molar-refractivity contribution < 1.29 is 35.9 Å². The number of carbonyl (C=O) groups is 2. The largest absolute Gasteiger partial charge is 0.495 e. The van der Waals surface area contributed by atoms with E-state index in [2.05, 4.69) is 10.6 Å². The highest BCUT2D eigenvalue weighted by Gasteiger charge is 2.20. The first-order chi connectivity index (χ1) is 21.3. The number of benzene rings is 4. The predicted octanol–water partition coefficient (Wildman–Crippen LogP) is 4.93. The first-order valence-electron chi connectivity index (χ1n) is 13.4. The second kappa shape index (κ2) is 13.7. The normalized spacial score (nSPS) is 11.3. The molecular formula is C31H32N4O8S2. The molecule has 14 heteroatoms. The Bertz CT molecular complexity index is 1790. The molecule has 12 nitrogen and oxygen atoms in total. The molecule has 0 saturated heterocycles. The van der Waals surface area contributed by atoms with E-state index >= 15 is 0 Å². The fourth-order valence-electron chi connectivity index (χ4n) is 4.25. The van der Waals surface area contributed by atoms with Gasteiger partial charge < -0.3 is 20.1 Å². The molecule has 4 N–H and O–H groups in total. The maximum atomic E-state index is 12.7. The molecule has 0 aliphatic rings. The van der Waals surface area contributed by atoms with Gasteiger partial charge in [-0.1, -0.05) is 47.5 Å². The maximum absolute atomic E-state index is 12.7. The summed E-state index contributed by atoms with van der Waals surface area (Å²) in [7, 11) is -5.42. The van der Waals surface area contributed by atoms with Crippen LogP contribution in [0.2, 0.25) is 0 Å². The molecular weight excluding hydrogens is 620 g/mol. The molecule has 236 valence electrons. The third kappa shape index (κ3) is 8.52. The molecule has 4 rings (SSSR count). The predicted molar refractivity (Wildman–Crippen MR) is 170 cm³/mol. The van der Waals surface area contributed by atoms with Crippen LogP contribution >= 0.6 is 0 Å². The summed E-state index contributed by atoms with van der Waals surface area (Å²) in [6.45, 7) is 3.63. The second-order valence-corrected chi connectivity index (χ2v) is 13.4. The number of rotatable bonds is 10. The van der Waals surface area contributed by atoms with Gasteiger partial charge >= 0.3 is 12.1 Å². The van der Waals surface area contributed by atoms with Crippen LogP contribution < -0.4 is 29.6 Å². The highest BCUT2D eigenvalue weighted by Crippen LogP contribution is 2.30. The monoisotopic (exact) mass is 652 g/mol. The number of hydrogen-bond donors (Lipinski definition) is 4. The summed E-state index contributed by atoms with van der Waals surface area (Å²) in [5.41, 5.74) is 3.59. The first kappa shape index (κ1) is 32.8. The van der Waals surface area contributed by atoms with Crippen LogP contribution in [-0.2, 0) is 26.5 Å². The van der Waals surface area contributed by atoms with Crippen molar-refractivity contribution in [1.29, 1.82) is 0 Å². The van der Waals surface area contributed by atoms with Crippen molar-refractivity contribution in [2.24, 2.45) is 0 Å². The van der Waals surface area contributed by atoms with Crippen molar-refractivity contribution in [1.82, 2.24) is 9.44 Å². The quantitative estimate of drug-likeness (QED) is 0.187. The number of carbonyl (C=O) groups excluding carboxylic acids is 2. The lowest BCUT2D eigenvalue weighted by molar-refractivity contribution is 0.255. The summed E-state index contributed by atoms with van der Waals surface area (Å²) in [4.78, 5) is 25.2. The molecule has 0 fully saturated rings. The van der Waals surface area contributed by atoms with Crippen molar-refractivity contribution in [2.75, 3.05) is 24.9 Å². The zero-order valence-corrected chi connectivity index (χ0v) is 26.5. The molecule has 0 heterocycles. The number of methoxy groups -OCH3 is 2. The Hall–Kier alpha value is -5.08. The molecule has 0 aromatic heterocycles. The van der Waals surface area contributed by atoms with E-state index in [1.54, 1.807) is 60.7 Å². The molecule has 4 aromatic carbocycles. The average molecular weight is 653 g/mol. The van der Waals surface area contributed by atoms with E-state index in [0.29, 0.717) is 29.0 Å². The molecule has 0 bridgehead atoms. The van der Waals surface area contributed by atoms with Crippen molar-refractivity contribution in [3.63, 3.8) is 0 Å². The smallest absolute Gasteiger partial charge is 0.333 e. The summed E-state index contributed by atoms with van der Waals surface area (Å²) in [5, 5.41) is 5.04. The molecule has 45 heavy (non-hydrogen) atoms. The van der Waals surface area contributed by atoms with Gasteiger partial charge in [0.15, 0.2) is 0 Å². The van der Waals surface area contributed by atoms with E-state index in [4.69, 9.17) is 9.47 Å². The molecule has 4 aromatic rings. The van der Waals surface area contributed by atoms with Gasteiger partial charge in [-0.25, -0.2) is 35.9 Å². The maximum Gasteiger partial charge on any atom is 0.333 e. The SMILES string of the molecule is COc1ccc(Cc2ccc(OC)c(NC(=O)NS(=O)(=O)c3ccc(C)cc3)c2)cc1NC(=O)NS(=O)(=O)c1ccc(C)cc1. The Kier molecular flexibility index (Phi) is 9.99. The second-order valence-electron chi connectivity index (χ2n) is 9.99. The summed E-state index contributed by atoms with van der Waals surface area (Å²) in [6, 6.07) is 20.1. The van der Waals surface area contributed by atoms with E-state index < -0.39 is 32.1 Å². The van der Waals surface area contributed by atoms with Crippen LogP contribution in [0.5, 0.6) is 11.5 Å². The van der Waals surface area contributed by atoms with Gasteiger partial charge in [-0.05, 0) is 79.9 Å². The van der Waals surface area contributed by atoms with Gasteiger partial charge in [-0.3, -0.25) is 0 Å². The van der Waals surface area contributed by atoms with Crippen molar-refractivity contribution in [3.05, 3.63) is 107 Å². The van der Waals surface area contributed by atoms with Crippen LogP contribution in [0.25, 0.3) is 0 Å². The fraction of sp³-hybridized carbons (Fsp3) is 0.161. The summed E-state index contributed by atoms with van der Waals surface area (Å²) >= 11 is 0. The van der Waals surface area contributed by atoms with Crippen LogP contribution in [-0.4, -0.2) is 43.1 Å². The first-order valence-corrected chi connectivity index (χ1v) is 16.4. The molecule has 0 spiro atoms. The number of urea groups is 2. The van der Waals surface area contributed by atoms with E-state index in [1.807, 2.05) is 23.3 Å². The Morgan fingerprint density at radius 2 is 0.933 bits per heavy atom. The van der Waals surface area contributed by atoms with Crippen molar-refractivity contribution in [2.45, 2.75) is 30.1 Å². The van der Waals surface area contributed by atoms with Crippen LogP contribution in [0.15, 0.2) is 94.7 Å². The fourth-order valence-corrected chi connectivity index (χ4v) is 6.07. The lowest BCUT2D eigenvalue weighted by Crippen LogP contribution is -2.34. The van der Waals surface area contributed by atoms with Crippen LogP contribution in [0.1, 0.15) is 22.3 Å². The van der Waals surface area contributed by atoms with Gasteiger partial charge in [0.2, 0.25) is 0 Å². The van der Waals surface area contributed by atoms with Crippen LogP contribution in [0.3, 0.4) is 0 Å².